The lowest BCUT2D eigenvalue weighted by Crippen LogP contribution is -2.14. The molecule has 31 heavy (non-hydrogen) atoms. The molecule has 0 fully saturated rings. The Morgan fingerprint density at radius 2 is 1.45 bits per heavy atom. The van der Waals surface area contributed by atoms with Crippen molar-refractivity contribution >= 4 is 38.8 Å². The molecular weight excluding hydrogens is 454 g/mol. The monoisotopic (exact) mass is 469 g/mol. The summed E-state index contributed by atoms with van der Waals surface area (Å²) < 4.78 is 6.89. The van der Waals surface area contributed by atoms with Gasteiger partial charge in [-0.25, -0.2) is 9.97 Å². The Labute approximate surface area is 186 Å². The number of aromatic nitrogens is 2. The minimum Gasteiger partial charge on any atom is -0.437 e. The number of anilines is 1. The molecule has 1 amide bonds. The van der Waals surface area contributed by atoms with E-state index in [9.17, 15) is 4.79 Å². The Balaban J connectivity index is 1.71. The molecule has 0 aliphatic heterocycles. The summed E-state index contributed by atoms with van der Waals surface area (Å²) in [5.41, 5.74) is 3.64. The van der Waals surface area contributed by atoms with Crippen LogP contribution in [-0.4, -0.2) is 15.9 Å². The Morgan fingerprint density at radius 1 is 0.806 bits per heavy atom. The van der Waals surface area contributed by atoms with Crippen LogP contribution in [0.15, 0.2) is 100 Å². The summed E-state index contributed by atoms with van der Waals surface area (Å²) in [6.45, 7) is 0. The van der Waals surface area contributed by atoms with Crippen LogP contribution in [0.1, 0.15) is 10.4 Å². The van der Waals surface area contributed by atoms with Crippen molar-refractivity contribution in [1.29, 1.82) is 0 Å². The molecule has 0 aliphatic carbocycles. The minimum atomic E-state index is -0.269. The fourth-order valence-corrected chi connectivity index (χ4v) is 3.99. The summed E-state index contributed by atoms with van der Waals surface area (Å²) >= 11 is 3.43. The highest BCUT2D eigenvalue weighted by atomic mass is 79.9. The summed E-state index contributed by atoms with van der Waals surface area (Å²) in [5, 5.41) is 3.60. The van der Waals surface area contributed by atoms with E-state index in [2.05, 4.69) is 31.2 Å². The van der Waals surface area contributed by atoms with Gasteiger partial charge in [-0.3, -0.25) is 4.79 Å². The van der Waals surface area contributed by atoms with Crippen LogP contribution < -0.4 is 5.32 Å². The van der Waals surface area contributed by atoms with Crippen molar-refractivity contribution in [2.24, 2.45) is 0 Å². The van der Waals surface area contributed by atoms with Crippen molar-refractivity contribution < 1.29 is 9.21 Å². The molecule has 1 N–H and O–H groups in total. The molecule has 5 nitrogen and oxygen atoms in total. The average Bonchev–Trinajstić information content (AvgIpc) is 3.21. The normalized spacial score (nSPS) is 10.9. The first-order chi connectivity index (χ1) is 15.2. The lowest BCUT2D eigenvalue weighted by atomic mass is 9.99. The fourth-order valence-electron chi connectivity index (χ4n) is 3.52. The Hall–Kier alpha value is -3.77. The lowest BCUT2D eigenvalue weighted by molar-refractivity contribution is 0.102. The Bertz CT molecular complexity index is 1380. The highest BCUT2D eigenvalue weighted by Crippen LogP contribution is 2.42. The number of nitrogens with one attached hydrogen (secondary N) is 1. The first-order valence-electron chi connectivity index (χ1n) is 9.66. The van der Waals surface area contributed by atoms with Gasteiger partial charge in [0, 0.05) is 15.6 Å². The molecule has 150 valence electrons. The smallest absolute Gasteiger partial charge is 0.257 e. The topological polar surface area (TPSA) is 68.0 Å². The van der Waals surface area contributed by atoms with Crippen LogP contribution >= 0.6 is 15.9 Å². The second-order valence-electron chi connectivity index (χ2n) is 6.87. The molecule has 0 radical (unpaired) electrons. The van der Waals surface area contributed by atoms with Crippen molar-refractivity contribution in [3.8, 4) is 22.5 Å². The molecule has 0 aliphatic rings. The summed E-state index contributed by atoms with van der Waals surface area (Å²) in [4.78, 5) is 21.7. The van der Waals surface area contributed by atoms with Crippen LogP contribution in [0.5, 0.6) is 0 Å². The maximum Gasteiger partial charge on any atom is 0.257 e. The maximum absolute atomic E-state index is 13.0. The van der Waals surface area contributed by atoms with E-state index in [1.54, 1.807) is 6.07 Å². The molecular formula is C25H16BrN3O2. The van der Waals surface area contributed by atoms with Gasteiger partial charge in [0.05, 0.1) is 10.9 Å². The SMILES string of the molecule is O=C(Nc1ncnc2oc(-c3ccccc3)c(-c3ccccc3)c12)c1ccccc1Br. The van der Waals surface area contributed by atoms with Gasteiger partial charge in [-0.15, -0.1) is 0 Å². The first-order valence-corrected chi connectivity index (χ1v) is 10.5. The third-order valence-corrected chi connectivity index (χ3v) is 5.63. The third kappa shape index (κ3) is 3.62. The molecule has 3 aromatic carbocycles. The standard InChI is InChI=1S/C25H16BrN3O2/c26-19-14-8-7-13-18(19)24(30)29-23-21-20(16-9-3-1-4-10-16)22(17-11-5-2-6-12-17)31-25(21)28-15-27-23/h1-15H,(H,27,28,29,30). The zero-order chi connectivity index (χ0) is 21.2. The van der Waals surface area contributed by atoms with Crippen LogP contribution in [0.25, 0.3) is 33.6 Å². The van der Waals surface area contributed by atoms with Crippen molar-refractivity contribution in [3.05, 3.63) is 101 Å². The van der Waals surface area contributed by atoms with Crippen LogP contribution in [-0.2, 0) is 0 Å². The molecule has 6 heteroatoms. The van der Waals surface area contributed by atoms with E-state index in [1.807, 2.05) is 78.9 Å². The predicted molar refractivity (Wildman–Crippen MR) is 125 cm³/mol. The van der Waals surface area contributed by atoms with E-state index in [0.717, 1.165) is 16.7 Å². The highest BCUT2D eigenvalue weighted by molar-refractivity contribution is 9.10. The Morgan fingerprint density at radius 3 is 2.16 bits per heavy atom. The van der Waals surface area contributed by atoms with Crippen molar-refractivity contribution in [1.82, 2.24) is 9.97 Å². The summed E-state index contributed by atoms with van der Waals surface area (Å²) in [7, 11) is 0. The van der Waals surface area contributed by atoms with Gasteiger partial charge in [-0.1, -0.05) is 72.8 Å². The zero-order valence-corrected chi connectivity index (χ0v) is 17.8. The van der Waals surface area contributed by atoms with Gasteiger partial charge in [0.1, 0.15) is 17.9 Å². The number of fused-ring (bicyclic) bond motifs is 1. The van der Waals surface area contributed by atoms with Crippen LogP contribution in [0.3, 0.4) is 0 Å². The van der Waals surface area contributed by atoms with Crippen molar-refractivity contribution in [2.45, 2.75) is 0 Å². The number of nitrogens with zero attached hydrogens (tertiary/aromatic N) is 2. The second-order valence-corrected chi connectivity index (χ2v) is 7.73. The molecule has 2 aromatic heterocycles. The maximum atomic E-state index is 13.0. The molecule has 5 rings (SSSR count). The number of amides is 1. The number of rotatable bonds is 4. The Kier molecular flexibility index (Phi) is 5.06. The van der Waals surface area contributed by atoms with Gasteiger partial charge in [-0.2, -0.15) is 0 Å². The molecule has 0 unspecified atom stereocenters. The number of carbonyl (C=O) groups excluding carboxylic acids is 1. The van der Waals surface area contributed by atoms with E-state index in [4.69, 9.17) is 4.42 Å². The van der Waals surface area contributed by atoms with Crippen LogP contribution in [0.4, 0.5) is 5.82 Å². The highest BCUT2D eigenvalue weighted by Gasteiger charge is 2.23. The minimum absolute atomic E-state index is 0.269. The van der Waals surface area contributed by atoms with Gasteiger partial charge in [0.25, 0.3) is 5.91 Å². The first kappa shape index (κ1) is 19.2. The molecule has 0 spiro atoms. The van der Waals surface area contributed by atoms with E-state index >= 15 is 0 Å². The van der Waals surface area contributed by atoms with Gasteiger partial charge in [0.2, 0.25) is 5.71 Å². The van der Waals surface area contributed by atoms with Gasteiger partial charge in [0.15, 0.2) is 0 Å². The predicted octanol–water partition coefficient (Wildman–Crippen LogP) is 6.57. The zero-order valence-electron chi connectivity index (χ0n) is 16.2. The van der Waals surface area contributed by atoms with Crippen molar-refractivity contribution in [3.63, 3.8) is 0 Å². The number of hydrogen-bond acceptors (Lipinski definition) is 4. The second kappa shape index (κ2) is 8.16. The number of furan rings is 1. The summed E-state index contributed by atoms with van der Waals surface area (Å²) in [6.07, 6.45) is 1.39. The van der Waals surface area contributed by atoms with E-state index in [-0.39, 0.29) is 5.91 Å². The number of halogens is 1. The van der Waals surface area contributed by atoms with Crippen LogP contribution in [0.2, 0.25) is 0 Å². The summed E-state index contributed by atoms with van der Waals surface area (Å²) in [5.74, 6) is 0.808. The summed E-state index contributed by atoms with van der Waals surface area (Å²) in [6, 6.07) is 27.0. The van der Waals surface area contributed by atoms with E-state index in [1.165, 1.54) is 6.33 Å². The molecule has 0 saturated carbocycles. The molecule has 0 bridgehead atoms. The van der Waals surface area contributed by atoms with Crippen molar-refractivity contribution in [2.75, 3.05) is 5.32 Å². The third-order valence-electron chi connectivity index (χ3n) is 4.94. The lowest BCUT2D eigenvalue weighted by Gasteiger charge is -2.08. The number of hydrogen-bond donors (Lipinski definition) is 1. The molecule has 0 saturated heterocycles. The van der Waals surface area contributed by atoms with E-state index < -0.39 is 0 Å². The number of benzene rings is 3. The molecule has 5 aromatic rings. The van der Waals surface area contributed by atoms with Gasteiger partial charge < -0.3 is 9.73 Å². The van der Waals surface area contributed by atoms with Gasteiger partial charge in [-0.05, 0) is 33.6 Å². The van der Waals surface area contributed by atoms with Gasteiger partial charge >= 0.3 is 0 Å². The largest absolute Gasteiger partial charge is 0.437 e. The molecule has 0 atom stereocenters. The molecule has 2 heterocycles. The van der Waals surface area contributed by atoms with Crippen LogP contribution in [0, 0.1) is 0 Å². The number of carbonyl (C=O) groups is 1. The fraction of sp³-hybridized carbons (Fsp3) is 0. The quantitative estimate of drug-likeness (QED) is 0.323. The van der Waals surface area contributed by atoms with E-state index in [0.29, 0.717) is 32.7 Å². The average molecular weight is 470 g/mol.